The van der Waals surface area contributed by atoms with Crippen molar-refractivity contribution in [3.63, 3.8) is 0 Å². The number of hydrogen-bond donors (Lipinski definition) is 1. The van der Waals surface area contributed by atoms with Crippen molar-refractivity contribution in [2.24, 2.45) is 0 Å². The van der Waals surface area contributed by atoms with Crippen LogP contribution in [-0.2, 0) is 0 Å². The predicted molar refractivity (Wildman–Crippen MR) is 114 cm³/mol. The van der Waals surface area contributed by atoms with E-state index >= 15 is 0 Å². The van der Waals surface area contributed by atoms with Crippen LogP contribution >= 0.6 is 15.9 Å². The average Bonchev–Trinajstić information content (AvgIpc) is 3.36. The summed E-state index contributed by atoms with van der Waals surface area (Å²) in [6.07, 6.45) is 1.72. The third kappa shape index (κ3) is 3.04. The van der Waals surface area contributed by atoms with Crippen molar-refractivity contribution in [1.29, 1.82) is 0 Å². The van der Waals surface area contributed by atoms with Crippen LogP contribution < -0.4 is 4.74 Å². The Hall–Kier alpha value is -3.26. The molecule has 2 heterocycles. The first kappa shape index (κ1) is 18.7. The van der Waals surface area contributed by atoms with Crippen LogP contribution in [0, 0.1) is 11.6 Å². The van der Waals surface area contributed by atoms with E-state index < -0.39 is 17.7 Å². The molecule has 0 aliphatic heterocycles. The van der Waals surface area contributed by atoms with Crippen molar-refractivity contribution in [2.45, 2.75) is 6.04 Å². The van der Waals surface area contributed by atoms with E-state index in [1.165, 1.54) is 19.2 Å². The van der Waals surface area contributed by atoms with Gasteiger partial charge in [-0.25, -0.2) is 13.8 Å². The fourth-order valence-electron chi connectivity index (χ4n) is 3.62. The summed E-state index contributed by atoms with van der Waals surface area (Å²) in [5.41, 5.74) is 2.32. The first-order valence-corrected chi connectivity index (χ1v) is 9.95. The smallest absolute Gasteiger partial charge is 0.165 e. The fourth-order valence-corrected chi connectivity index (χ4v) is 3.94. The van der Waals surface area contributed by atoms with Crippen molar-refractivity contribution >= 4 is 37.9 Å². The lowest BCUT2D eigenvalue weighted by Gasteiger charge is -2.19. The Morgan fingerprint density at radius 1 is 1.10 bits per heavy atom. The average molecular weight is 469 g/mol. The molecule has 0 aliphatic carbocycles. The minimum Gasteiger partial charge on any atom is -0.496 e. The Morgan fingerprint density at radius 3 is 2.73 bits per heavy atom. The monoisotopic (exact) mass is 468 g/mol. The summed E-state index contributed by atoms with van der Waals surface area (Å²) in [4.78, 5) is 7.96. The zero-order chi connectivity index (χ0) is 20.8. The van der Waals surface area contributed by atoms with Gasteiger partial charge in [-0.2, -0.15) is 5.10 Å². The van der Waals surface area contributed by atoms with Gasteiger partial charge in [0.25, 0.3) is 0 Å². The Morgan fingerprint density at radius 2 is 1.93 bits per heavy atom. The van der Waals surface area contributed by atoms with Crippen LogP contribution in [0.25, 0.3) is 21.9 Å². The Balaban J connectivity index is 1.79. The van der Waals surface area contributed by atoms with Crippen molar-refractivity contribution in [2.75, 3.05) is 7.11 Å². The lowest BCUT2D eigenvalue weighted by Crippen LogP contribution is -2.16. The highest BCUT2D eigenvalue weighted by Gasteiger charge is 2.26. The summed E-state index contributed by atoms with van der Waals surface area (Å²) in [7, 11) is 1.52. The minimum atomic E-state index is -0.659. The molecule has 8 heteroatoms. The molecule has 1 atom stereocenters. The molecule has 0 amide bonds. The molecular weight excluding hydrogens is 454 g/mol. The number of nitrogens with one attached hydrogen (secondary N) is 1. The number of para-hydroxylation sites is 2. The second-order valence-corrected chi connectivity index (χ2v) is 7.69. The summed E-state index contributed by atoms with van der Waals surface area (Å²) < 4.78 is 36.2. The number of benzene rings is 3. The first-order valence-electron chi connectivity index (χ1n) is 9.16. The van der Waals surface area contributed by atoms with Crippen molar-refractivity contribution in [3.05, 3.63) is 88.3 Å². The van der Waals surface area contributed by atoms with Gasteiger partial charge in [0.1, 0.15) is 28.9 Å². The standard InChI is InChI=1S/C22H15BrF2N4O/c1-30-18-9-7-13(24)10-14(18)21(22-26-16-4-2-3-5-17(16)27-22)29-11-12-6-8-15(23)19(25)20(12)28-29/h2-11,21H,1H3,(H,26,27). The lowest BCUT2D eigenvalue weighted by molar-refractivity contribution is 0.400. The van der Waals surface area contributed by atoms with Gasteiger partial charge in [0, 0.05) is 17.1 Å². The number of imidazole rings is 1. The fraction of sp³-hybridized carbons (Fsp3) is 0.0909. The quantitative estimate of drug-likeness (QED) is 0.373. The molecule has 0 aliphatic rings. The lowest BCUT2D eigenvalue weighted by atomic mass is 10.0. The highest BCUT2D eigenvalue weighted by molar-refractivity contribution is 9.10. The van der Waals surface area contributed by atoms with E-state index in [0.717, 1.165) is 11.0 Å². The van der Waals surface area contributed by atoms with Crippen LogP contribution in [0.15, 0.2) is 65.3 Å². The number of fused-ring (bicyclic) bond motifs is 2. The maximum absolute atomic E-state index is 14.6. The molecule has 5 rings (SSSR count). The summed E-state index contributed by atoms with van der Waals surface area (Å²) in [6, 6.07) is 14.6. The van der Waals surface area contributed by atoms with E-state index in [0.29, 0.717) is 27.0 Å². The first-order chi connectivity index (χ1) is 14.5. The third-order valence-corrected chi connectivity index (χ3v) is 5.62. The molecule has 5 aromatic rings. The van der Waals surface area contributed by atoms with Crippen LogP contribution in [-0.4, -0.2) is 26.9 Å². The Bertz CT molecular complexity index is 1360. The molecule has 150 valence electrons. The molecule has 1 N–H and O–H groups in total. The number of nitrogens with zero attached hydrogens (tertiary/aromatic N) is 3. The summed E-state index contributed by atoms with van der Waals surface area (Å²) in [6.45, 7) is 0. The van der Waals surface area contributed by atoms with E-state index in [2.05, 4.69) is 31.0 Å². The number of hydrogen-bond acceptors (Lipinski definition) is 3. The van der Waals surface area contributed by atoms with Gasteiger partial charge >= 0.3 is 0 Å². The highest BCUT2D eigenvalue weighted by atomic mass is 79.9. The number of aromatic amines is 1. The van der Waals surface area contributed by atoms with Crippen LogP contribution in [0.3, 0.4) is 0 Å². The second-order valence-electron chi connectivity index (χ2n) is 6.84. The van der Waals surface area contributed by atoms with Crippen LogP contribution in [0.4, 0.5) is 8.78 Å². The molecule has 2 aromatic heterocycles. The molecule has 0 radical (unpaired) electrons. The molecule has 0 spiro atoms. The number of H-pyrrole nitrogens is 1. The van der Waals surface area contributed by atoms with Gasteiger partial charge in [-0.05, 0) is 58.4 Å². The molecule has 0 saturated heterocycles. The molecule has 0 fully saturated rings. The molecule has 0 saturated carbocycles. The number of halogens is 3. The molecule has 0 bridgehead atoms. The maximum Gasteiger partial charge on any atom is 0.165 e. The molecule has 3 aromatic carbocycles. The van der Waals surface area contributed by atoms with Crippen LogP contribution in [0.1, 0.15) is 17.4 Å². The van der Waals surface area contributed by atoms with Gasteiger partial charge in [-0.15, -0.1) is 0 Å². The second kappa shape index (κ2) is 7.21. The van der Waals surface area contributed by atoms with Crippen LogP contribution in [0.2, 0.25) is 0 Å². The van der Waals surface area contributed by atoms with E-state index in [1.54, 1.807) is 29.1 Å². The molecular formula is C22H15BrF2N4O. The van der Waals surface area contributed by atoms with Gasteiger partial charge in [0.2, 0.25) is 0 Å². The number of aromatic nitrogens is 4. The normalized spacial score (nSPS) is 12.5. The van der Waals surface area contributed by atoms with Crippen molar-refractivity contribution < 1.29 is 13.5 Å². The number of methoxy groups -OCH3 is 1. The molecule has 1 unspecified atom stereocenters. The van der Waals surface area contributed by atoms with Crippen molar-refractivity contribution in [3.8, 4) is 5.75 Å². The number of ether oxygens (including phenoxy) is 1. The van der Waals surface area contributed by atoms with E-state index in [1.807, 2.05) is 24.3 Å². The maximum atomic E-state index is 14.6. The summed E-state index contributed by atoms with van der Waals surface area (Å²) in [5, 5.41) is 5.09. The van der Waals surface area contributed by atoms with E-state index in [4.69, 9.17) is 4.74 Å². The van der Waals surface area contributed by atoms with Crippen molar-refractivity contribution in [1.82, 2.24) is 19.7 Å². The van der Waals surface area contributed by atoms with E-state index in [-0.39, 0.29) is 5.52 Å². The van der Waals surface area contributed by atoms with Gasteiger partial charge in [0.05, 0.1) is 22.6 Å². The highest BCUT2D eigenvalue weighted by Crippen LogP contribution is 2.35. The van der Waals surface area contributed by atoms with Gasteiger partial charge in [-0.1, -0.05) is 12.1 Å². The number of rotatable bonds is 4. The predicted octanol–water partition coefficient (Wildman–Crippen LogP) is 5.60. The van der Waals surface area contributed by atoms with Crippen LogP contribution in [0.5, 0.6) is 5.75 Å². The summed E-state index contributed by atoms with van der Waals surface area (Å²) >= 11 is 3.20. The SMILES string of the molecule is COc1ccc(F)cc1C(c1nc2ccccc2[nH]1)n1cc2ccc(Br)c(F)c2n1. The van der Waals surface area contributed by atoms with E-state index in [9.17, 15) is 8.78 Å². The zero-order valence-corrected chi connectivity index (χ0v) is 17.3. The van der Waals surface area contributed by atoms with Gasteiger partial charge in [0.15, 0.2) is 5.82 Å². The zero-order valence-electron chi connectivity index (χ0n) is 15.7. The van der Waals surface area contributed by atoms with Gasteiger partial charge in [-0.3, -0.25) is 4.68 Å². The molecule has 5 nitrogen and oxygen atoms in total. The molecule has 30 heavy (non-hydrogen) atoms. The third-order valence-electron chi connectivity index (χ3n) is 5.00. The largest absolute Gasteiger partial charge is 0.496 e. The topological polar surface area (TPSA) is 55.7 Å². The summed E-state index contributed by atoms with van der Waals surface area (Å²) in [5.74, 6) is 0.133. The Labute approximate surface area is 178 Å². The minimum absolute atomic E-state index is 0.209. The Kier molecular flexibility index (Phi) is 4.51. The van der Waals surface area contributed by atoms with Gasteiger partial charge < -0.3 is 9.72 Å².